The van der Waals surface area contributed by atoms with E-state index < -0.39 is 4.92 Å². The van der Waals surface area contributed by atoms with Crippen LogP contribution in [0, 0.1) is 16.0 Å². The van der Waals surface area contributed by atoms with E-state index in [0.29, 0.717) is 24.0 Å². The third-order valence-electron chi connectivity index (χ3n) is 6.88. The highest BCUT2D eigenvalue weighted by atomic mass is 16.6. The number of anilines is 2. The average molecular weight is 437 g/mol. The maximum absolute atomic E-state index is 11.8. The summed E-state index contributed by atoms with van der Waals surface area (Å²) in [6.07, 6.45) is 8.81. The van der Waals surface area contributed by atoms with Gasteiger partial charge in [-0.25, -0.2) is 9.97 Å². The minimum atomic E-state index is -0.465. The van der Waals surface area contributed by atoms with Crippen molar-refractivity contribution >= 4 is 28.2 Å². The predicted octanol–water partition coefficient (Wildman–Crippen LogP) is 3.91. The van der Waals surface area contributed by atoms with Gasteiger partial charge < -0.3 is 20.3 Å². The fourth-order valence-corrected chi connectivity index (χ4v) is 5.12. The average Bonchev–Trinajstić information content (AvgIpc) is 3.45. The molecule has 168 valence electrons. The molecule has 0 radical (unpaired) electrons. The lowest BCUT2D eigenvalue weighted by Crippen LogP contribution is -2.22. The molecule has 1 aromatic carbocycles. The van der Waals surface area contributed by atoms with Crippen molar-refractivity contribution in [3.63, 3.8) is 0 Å². The van der Waals surface area contributed by atoms with Crippen LogP contribution in [0.2, 0.25) is 0 Å². The van der Waals surface area contributed by atoms with Gasteiger partial charge in [0.25, 0.3) is 0 Å². The van der Waals surface area contributed by atoms with Gasteiger partial charge in [0.2, 0.25) is 0 Å². The molecule has 1 aliphatic heterocycles. The van der Waals surface area contributed by atoms with Crippen LogP contribution >= 0.6 is 0 Å². The fraction of sp³-hybridized carbons (Fsp3) is 0.478. The van der Waals surface area contributed by atoms with Crippen molar-refractivity contribution in [1.82, 2.24) is 14.5 Å². The van der Waals surface area contributed by atoms with Crippen molar-refractivity contribution in [2.24, 2.45) is 5.92 Å². The molecule has 1 aliphatic carbocycles. The lowest BCUT2D eigenvalue weighted by atomic mass is 9.95. The number of imidazole rings is 1. The Balaban J connectivity index is 1.56. The highest BCUT2D eigenvalue weighted by Crippen LogP contribution is 2.38. The van der Waals surface area contributed by atoms with Crippen LogP contribution in [0.3, 0.4) is 0 Å². The minimum Gasteiger partial charge on any atom is -0.396 e. The van der Waals surface area contributed by atoms with Crippen LogP contribution in [0.1, 0.15) is 44.6 Å². The molecule has 0 bridgehead atoms. The Kier molecular flexibility index (Phi) is 5.42. The van der Waals surface area contributed by atoms with Crippen LogP contribution < -0.4 is 10.6 Å². The number of nitro groups is 1. The summed E-state index contributed by atoms with van der Waals surface area (Å²) in [5.41, 5.74) is 8.77. The molecule has 2 aromatic heterocycles. The number of nitrogens with two attached hydrogens (primary N) is 1. The molecule has 1 unspecified atom stereocenters. The van der Waals surface area contributed by atoms with Crippen LogP contribution in [0.4, 0.5) is 17.2 Å². The van der Waals surface area contributed by atoms with Gasteiger partial charge >= 0.3 is 5.69 Å². The summed E-state index contributed by atoms with van der Waals surface area (Å²) in [6, 6.07) is 7.76. The van der Waals surface area contributed by atoms with E-state index >= 15 is 0 Å². The second kappa shape index (κ2) is 8.38. The third kappa shape index (κ3) is 3.66. The number of benzene rings is 1. The zero-order chi connectivity index (χ0) is 22.2. The lowest BCUT2D eigenvalue weighted by molar-refractivity contribution is -0.383. The number of nitrogen functional groups attached to an aromatic ring is 1. The summed E-state index contributed by atoms with van der Waals surface area (Å²) in [4.78, 5) is 22.7. The summed E-state index contributed by atoms with van der Waals surface area (Å²) in [7, 11) is 0. The molecule has 2 fully saturated rings. The smallest absolute Gasteiger partial charge is 0.318 e. The molecule has 32 heavy (non-hydrogen) atoms. The molecule has 2 aliphatic rings. The fourth-order valence-electron chi connectivity index (χ4n) is 5.12. The molecule has 3 heterocycles. The van der Waals surface area contributed by atoms with Gasteiger partial charge in [-0.15, -0.1) is 0 Å². The number of hydrogen-bond acceptors (Lipinski definition) is 7. The number of aliphatic hydroxyl groups is 1. The minimum absolute atomic E-state index is 0.0929. The van der Waals surface area contributed by atoms with Gasteiger partial charge in [-0.3, -0.25) is 10.1 Å². The molecule has 3 N–H and O–H groups in total. The number of fused-ring (bicyclic) bond motifs is 1. The SMILES string of the molecule is Nc1cc(N2CCC(CO)C2)nc(-c2ccc3c(c2)ncn3C2CCCCC2)c1[N+](=O)[O-]. The Morgan fingerprint density at radius 1 is 1.19 bits per heavy atom. The summed E-state index contributed by atoms with van der Waals surface area (Å²) in [5.74, 6) is 0.781. The van der Waals surface area contributed by atoms with Crippen LogP contribution in [0.5, 0.6) is 0 Å². The molecular formula is C23H28N6O3. The van der Waals surface area contributed by atoms with Gasteiger partial charge in [0.05, 0.1) is 22.3 Å². The summed E-state index contributed by atoms with van der Waals surface area (Å²) in [5, 5.41) is 21.3. The molecule has 0 spiro atoms. The summed E-state index contributed by atoms with van der Waals surface area (Å²) >= 11 is 0. The van der Waals surface area contributed by atoms with Crippen molar-refractivity contribution in [1.29, 1.82) is 0 Å². The lowest BCUT2D eigenvalue weighted by Gasteiger charge is -2.23. The highest BCUT2D eigenvalue weighted by molar-refractivity contribution is 5.87. The van der Waals surface area contributed by atoms with Crippen LogP contribution in [0.15, 0.2) is 30.6 Å². The quantitative estimate of drug-likeness (QED) is 0.459. The van der Waals surface area contributed by atoms with E-state index in [1.54, 1.807) is 6.07 Å². The summed E-state index contributed by atoms with van der Waals surface area (Å²) < 4.78 is 2.24. The van der Waals surface area contributed by atoms with Crippen molar-refractivity contribution in [2.45, 2.75) is 44.6 Å². The molecule has 1 saturated heterocycles. The van der Waals surface area contributed by atoms with Crippen LogP contribution in [-0.2, 0) is 0 Å². The topological polar surface area (TPSA) is 123 Å². The number of rotatable bonds is 5. The Hall–Kier alpha value is -3.20. The molecular weight excluding hydrogens is 408 g/mol. The van der Waals surface area contributed by atoms with E-state index in [4.69, 9.17) is 5.73 Å². The van der Waals surface area contributed by atoms with Crippen molar-refractivity contribution in [3.05, 3.63) is 40.7 Å². The van der Waals surface area contributed by atoms with Gasteiger partial charge in [0, 0.05) is 43.3 Å². The normalized spacial score (nSPS) is 19.7. The molecule has 1 atom stereocenters. The van der Waals surface area contributed by atoms with E-state index in [2.05, 4.69) is 14.5 Å². The molecule has 9 nitrogen and oxygen atoms in total. The van der Waals surface area contributed by atoms with Crippen molar-refractivity contribution in [3.8, 4) is 11.3 Å². The molecule has 9 heteroatoms. The number of aromatic nitrogens is 3. The highest BCUT2D eigenvalue weighted by Gasteiger charge is 2.28. The van der Waals surface area contributed by atoms with Crippen molar-refractivity contribution < 1.29 is 10.0 Å². The number of pyridine rings is 1. The maximum Gasteiger partial charge on any atom is 0.318 e. The Morgan fingerprint density at radius 3 is 2.72 bits per heavy atom. The van der Waals surface area contributed by atoms with Crippen molar-refractivity contribution in [2.75, 3.05) is 30.3 Å². The van der Waals surface area contributed by atoms with Gasteiger partial charge in [-0.1, -0.05) is 25.3 Å². The number of aliphatic hydroxyl groups excluding tert-OH is 1. The predicted molar refractivity (Wildman–Crippen MR) is 124 cm³/mol. The van der Waals surface area contributed by atoms with Gasteiger partial charge in [-0.05, 0) is 31.4 Å². The second-order valence-electron chi connectivity index (χ2n) is 8.95. The van der Waals surface area contributed by atoms with Crippen LogP contribution in [-0.4, -0.2) is 44.3 Å². The molecule has 1 saturated carbocycles. The van der Waals surface area contributed by atoms with E-state index in [1.807, 2.05) is 29.4 Å². The molecule has 0 amide bonds. The van der Waals surface area contributed by atoms with Gasteiger partial charge in [0.1, 0.15) is 11.5 Å². The van der Waals surface area contributed by atoms with Gasteiger partial charge in [-0.2, -0.15) is 0 Å². The number of nitrogens with zero attached hydrogens (tertiary/aromatic N) is 5. The first-order valence-corrected chi connectivity index (χ1v) is 11.3. The Labute approximate surface area is 186 Å². The standard InChI is InChI=1S/C23H28N6O3/c24-18-11-21(27-9-8-15(12-27)13-30)26-22(23(18)29(31)32)16-6-7-20-19(10-16)25-14-28(20)17-4-2-1-3-5-17/h6-7,10-11,14-15,17,30H,1-5,8-9,12-13H2,(H2,24,26). The van der Waals surface area contributed by atoms with Crippen LogP contribution in [0.25, 0.3) is 22.3 Å². The largest absolute Gasteiger partial charge is 0.396 e. The molecule has 5 rings (SSSR count). The van der Waals surface area contributed by atoms with E-state index in [0.717, 1.165) is 36.8 Å². The Morgan fingerprint density at radius 2 is 2.00 bits per heavy atom. The van der Waals surface area contributed by atoms with E-state index in [9.17, 15) is 15.2 Å². The second-order valence-corrected chi connectivity index (χ2v) is 8.95. The van der Waals surface area contributed by atoms with E-state index in [-0.39, 0.29) is 29.6 Å². The summed E-state index contributed by atoms with van der Waals surface area (Å²) in [6.45, 7) is 1.51. The van der Waals surface area contributed by atoms with Gasteiger partial charge in [0.15, 0.2) is 5.69 Å². The Bertz CT molecular complexity index is 1150. The van der Waals surface area contributed by atoms with E-state index in [1.165, 1.54) is 19.3 Å². The first-order chi connectivity index (χ1) is 15.5. The third-order valence-corrected chi connectivity index (χ3v) is 6.88. The maximum atomic E-state index is 11.8. The zero-order valence-corrected chi connectivity index (χ0v) is 18.0. The first kappa shape index (κ1) is 20.7. The first-order valence-electron chi connectivity index (χ1n) is 11.3. The zero-order valence-electron chi connectivity index (χ0n) is 18.0. The monoisotopic (exact) mass is 436 g/mol. The molecule has 3 aromatic rings. The number of hydrogen-bond donors (Lipinski definition) is 2.